The fourth-order valence-electron chi connectivity index (χ4n) is 1.78. The third-order valence-electron chi connectivity index (χ3n) is 2.65. The summed E-state index contributed by atoms with van der Waals surface area (Å²) in [5, 5.41) is 0. The van der Waals surface area contributed by atoms with E-state index in [1.807, 2.05) is 60.7 Å². The highest BCUT2D eigenvalue weighted by atomic mass is 127. The molecule has 0 amide bonds. The highest BCUT2D eigenvalue weighted by molar-refractivity contribution is 14.1. The van der Waals surface area contributed by atoms with Gasteiger partial charge < -0.3 is 4.42 Å². The molecule has 0 N–H and O–H groups in total. The van der Waals surface area contributed by atoms with Gasteiger partial charge in [0.25, 0.3) is 0 Å². The van der Waals surface area contributed by atoms with Gasteiger partial charge in [0, 0.05) is 33.7 Å². The minimum Gasteiger partial charge on any atom is -0.430 e. The zero-order valence-corrected chi connectivity index (χ0v) is 11.7. The Morgan fingerprint density at radius 2 is 1.33 bits per heavy atom. The monoisotopic (exact) mass is 347 g/mol. The summed E-state index contributed by atoms with van der Waals surface area (Å²) in [6.45, 7) is 0. The number of hydrogen-bond donors (Lipinski definition) is 0. The third-order valence-corrected chi connectivity index (χ3v) is 3.38. The molecule has 0 aliphatic heterocycles. The van der Waals surface area contributed by atoms with Crippen molar-refractivity contribution in [3.05, 3.63) is 64.4 Å². The molecule has 3 heteroatoms. The van der Waals surface area contributed by atoms with E-state index in [0.717, 1.165) is 20.6 Å². The predicted molar refractivity (Wildman–Crippen MR) is 80.1 cm³/mol. The van der Waals surface area contributed by atoms with Gasteiger partial charge in [-0.05, 0) is 12.1 Å². The van der Waals surface area contributed by atoms with E-state index >= 15 is 0 Å². The normalized spacial score (nSPS) is 10.5. The van der Waals surface area contributed by atoms with Crippen LogP contribution < -0.4 is 0 Å². The molecule has 1 aromatic heterocycles. The van der Waals surface area contributed by atoms with Crippen LogP contribution in [0.4, 0.5) is 0 Å². The van der Waals surface area contributed by atoms with Gasteiger partial charge >= 0.3 is 0 Å². The van der Waals surface area contributed by atoms with E-state index in [1.54, 1.807) is 0 Å². The Hall–Kier alpha value is -1.62. The van der Waals surface area contributed by atoms with Crippen LogP contribution in [0.3, 0.4) is 0 Å². The Labute approximate surface area is 119 Å². The van der Waals surface area contributed by atoms with Gasteiger partial charge in [-0.25, -0.2) is 4.98 Å². The first-order valence-corrected chi connectivity index (χ1v) is 6.69. The summed E-state index contributed by atoms with van der Waals surface area (Å²) in [5.41, 5.74) is 2.97. The van der Waals surface area contributed by atoms with Crippen LogP contribution >= 0.6 is 22.6 Å². The lowest BCUT2D eigenvalue weighted by Gasteiger charge is -1.94. The number of aromatic nitrogens is 1. The van der Waals surface area contributed by atoms with E-state index in [0.29, 0.717) is 5.89 Å². The maximum atomic E-state index is 5.73. The van der Waals surface area contributed by atoms with Crippen molar-refractivity contribution in [1.29, 1.82) is 0 Å². The fraction of sp³-hybridized carbons (Fsp3) is 0. The number of hydrogen-bond acceptors (Lipinski definition) is 2. The molecular formula is C15H10INO. The van der Waals surface area contributed by atoms with E-state index in [1.165, 1.54) is 0 Å². The number of rotatable bonds is 2. The summed E-state index contributed by atoms with van der Waals surface area (Å²) < 4.78 is 6.55. The van der Waals surface area contributed by atoms with Crippen LogP contribution in [0.25, 0.3) is 22.7 Å². The Morgan fingerprint density at radius 3 is 1.94 bits per heavy atom. The maximum Gasteiger partial charge on any atom is 0.228 e. The average molecular weight is 347 g/mol. The van der Waals surface area contributed by atoms with E-state index in [2.05, 4.69) is 27.6 Å². The fourth-order valence-corrected chi connectivity index (χ4v) is 2.42. The Balaban J connectivity index is 2.07. The van der Waals surface area contributed by atoms with Crippen molar-refractivity contribution in [2.75, 3.05) is 0 Å². The quantitative estimate of drug-likeness (QED) is 0.633. The Bertz CT molecular complexity index is 647. The summed E-state index contributed by atoms with van der Waals surface area (Å²) >= 11 is 2.18. The van der Waals surface area contributed by atoms with Gasteiger partial charge in [0.15, 0.2) is 3.77 Å². The second-order valence-corrected chi connectivity index (χ2v) is 4.85. The van der Waals surface area contributed by atoms with Gasteiger partial charge in [-0.1, -0.05) is 48.5 Å². The van der Waals surface area contributed by atoms with Crippen molar-refractivity contribution in [2.24, 2.45) is 0 Å². The van der Waals surface area contributed by atoms with E-state index in [4.69, 9.17) is 4.42 Å². The smallest absolute Gasteiger partial charge is 0.228 e. The van der Waals surface area contributed by atoms with Crippen molar-refractivity contribution < 1.29 is 4.42 Å². The summed E-state index contributed by atoms with van der Waals surface area (Å²) in [7, 11) is 0. The highest BCUT2D eigenvalue weighted by Gasteiger charge is 2.13. The largest absolute Gasteiger partial charge is 0.430 e. The molecule has 0 saturated carbocycles. The van der Waals surface area contributed by atoms with Gasteiger partial charge in [0.2, 0.25) is 5.89 Å². The van der Waals surface area contributed by atoms with Crippen molar-refractivity contribution in [3.63, 3.8) is 0 Å². The standard InChI is InChI=1S/C15H10INO/c16-14-13(11-7-3-1-4-8-11)17-15(18-14)12-9-5-2-6-10-12/h1-10H. The van der Waals surface area contributed by atoms with Crippen LogP contribution in [0.2, 0.25) is 0 Å². The molecule has 2 aromatic carbocycles. The van der Waals surface area contributed by atoms with Crippen LogP contribution in [-0.2, 0) is 0 Å². The van der Waals surface area contributed by atoms with Gasteiger partial charge in [-0.3, -0.25) is 0 Å². The summed E-state index contributed by atoms with van der Waals surface area (Å²) in [4.78, 5) is 4.58. The number of nitrogens with zero attached hydrogens (tertiary/aromatic N) is 1. The number of halogens is 1. The van der Waals surface area contributed by atoms with Crippen LogP contribution in [0.5, 0.6) is 0 Å². The van der Waals surface area contributed by atoms with Crippen LogP contribution in [0, 0.1) is 3.77 Å². The first-order chi connectivity index (χ1) is 8.84. The molecule has 3 aromatic rings. The molecule has 18 heavy (non-hydrogen) atoms. The van der Waals surface area contributed by atoms with Crippen LogP contribution in [0.15, 0.2) is 65.1 Å². The van der Waals surface area contributed by atoms with E-state index in [9.17, 15) is 0 Å². The van der Waals surface area contributed by atoms with Gasteiger partial charge in [0.05, 0.1) is 0 Å². The highest BCUT2D eigenvalue weighted by Crippen LogP contribution is 2.29. The first kappa shape index (κ1) is 11.5. The van der Waals surface area contributed by atoms with Crippen LogP contribution in [-0.4, -0.2) is 4.98 Å². The van der Waals surface area contributed by atoms with Crippen molar-refractivity contribution >= 4 is 22.6 Å². The minimum atomic E-state index is 0.666. The molecular weight excluding hydrogens is 337 g/mol. The SMILES string of the molecule is Ic1oc(-c2ccccc2)nc1-c1ccccc1. The lowest BCUT2D eigenvalue weighted by Crippen LogP contribution is -1.80. The molecule has 0 aliphatic carbocycles. The molecule has 0 saturated heterocycles. The molecule has 0 spiro atoms. The predicted octanol–water partition coefficient (Wildman–Crippen LogP) is 4.61. The van der Waals surface area contributed by atoms with E-state index in [-0.39, 0.29) is 0 Å². The number of benzene rings is 2. The topological polar surface area (TPSA) is 26.0 Å². The average Bonchev–Trinajstić information content (AvgIpc) is 2.83. The van der Waals surface area contributed by atoms with Crippen molar-refractivity contribution in [2.45, 2.75) is 0 Å². The molecule has 3 rings (SSSR count). The molecule has 0 atom stereocenters. The zero-order valence-electron chi connectivity index (χ0n) is 9.51. The molecule has 88 valence electrons. The van der Waals surface area contributed by atoms with Gasteiger partial charge in [-0.15, -0.1) is 0 Å². The summed E-state index contributed by atoms with van der Waals surface area (Å²) in [6.07, 6.45) is 0. The van der Waals surface area contributed by atoms with Gasteiger partial charge in [-0.2, -0.15) is 0 Å². The number of oxazole rings is 1. The zero-order chi connectivity index (χ0) is 12.4. The Morgan fingerprint density at radius 1 is 0.778 bits per heavy atom. The lowest BCUT2D eigenvalue weighted by molar-refractivity contribution is 0.547. The first-order valence-electron chi connectivity index (χ1n) is 5.62. The van der Waals surface area contributed by atoms with Crippen molar-refractivity contribution in [3.8, 4) is 22.7 Å². The minimum absolute atomic E-state index is 0.666. The molecule has 0 fully saturated rings. The molecule has 0 radical (unpaired) electrons. The molecule has 2 nitrogen and oxygen atoms in total. The molecule has 1 heterocycles. The second-order valence-electron chi connectivity index (χ2n) is 3.87. The summed E-state index contributed by atoms with van der Waals surface area (Å²) in [5.74, 6) is 0.666. The van der Waals surface area contributed by atoms with Gasteiger partial charge in [0.1, 0.15) is 5.69 Å². The Kier molecular flexibility index (Phi) is 3.15. The molecule has 0 bridgehead atoms. The lowest BCUT2D eigenvalue weighted by atomic mass is 10.2. The van der Waals surface area contributed by atoms with Crippen molar-refractivity contribution in [1.82, 2.24) is 4.98 Å². The van der Waals surface area contributed by atoms with Crippen LogP contribution in [0.1, 0.15) is 0 Å². The van der Waals surface area contributed by atoms with E-state index < -0.39 is 0 Å². The molecule has 0 aliphatic rings. The third kappa shape index (κ3) is 2.18. The summed E-state index contributed by atoms with van der Waals surface area (Å²) in [6, 6.07) is 20.0. The molecule has 0 unspecified atom stereocenters. The second kappa shape index (κ2) is 4.94. The maximum absolute atomic E-state index is 5.73.